The molecule has 0 bridgehead atoms. The van der Waals surface area contributed by atoms with Crippen molar-refractivity contribution in [2.45, 2.75) is 58.3 Å². The van der Waals surface area contributed by atoms with Gasteiger partial charge in [0.05, 0.1) is 0 Å². The highest BCUT2D eigenvalue weighted by Crippen LogP contribution is 2.47. The molecule has 0 radical (unpaired) electrons. The van der Waals surface area contributed by atoms with Crippen molar-refractivity contribution in [1.82, 2.24) is 0 Å². The molecule has 0 amide bonds. The maximum absolute atomic E-state index is 10.8. The predicted molar refractivity (Wildman–Crippen MR) is 58.1 cm³/mol. The third-order valence-electron chi connectivity index (χ3n) is 4.13. The molecule has 14 heavy (non-hydrogen) atoms. The fraction of sp³-hybridized carbons (Fsp3) is 0.923. The summed E-state index contributed by atoms with van der Waals surface area (Å²) in [6.45, 7) is 2.27. The molecule has 0 aromatic rings. The van der Waals surface area contributed by atoms with E-state index in [1.54, 1.807) is 0 Å². The summed E-state index contributed by atoms with van der Waals surface area (Å²) in [4.78, 5) is 10.8. The highest BCUT2D eigenvalue weighted by molar-refractivity contribution is 5.84. The summed E-state index contributed by atoms with van der Waals surface area (Å²) in [7, 11) is 0. The molecule has 0 heterocycles. The molecule has 1 nitrogen and oxygen atoms in total. The second-order valence-electron chi connectivity index (χ2n) is 5.30. The summed E-state index contributed by atoms with van der Waals surface area (Å²) in [6, 6.07) is 0. The van der Waals surface area contributed by atoms with Crippen LogP contribution >= 0.6 is 0 Å². The Hall–Kier alpha value is -0.330. The first-order valence-electron chi connectivity index (χ1n) is 6.31. The van der Waals surface area contributed by atoms with Crippen molar-refractivity contribution in [2.75, 3.05) is 0 Å². The number of hydrogen-bond acceptors (Lipinski definition) is 1. The Morgan fingerprint density at radius 2 is 1.86 bits per heavy atom. The molecule has 1 heteroatoms. The minimum atomic E-state index is 0.504. The largest absolute Gasteiger partial charge is 0.300 e. The monoisotopic (exact) mass is 194 g/mol. The maximum atomic E-state index is 10.8. The molecule has 0 atom stereocenters. The molecule has 0 spiro atoms. The summed E-state index contributed by atoms with van der Waals surface area (Å²) < 4.78 is 0. The fourth-order valence-corrected chi connectivity index (χ4v) is 2.95. The Morgan fingerprint density at radius 1 is 1.14 bits per heavy atom. The predicted octanol–water partition coefficient (Wildman–Crippen LogP) is 3.57. The highest BCUT2D eigenvalue weighted by atomic mass is 16.1. The van der Waals surface area contributed by atoms with Crippen molar-refractivity contribution < 1.29 is 4.79 Å². The molecule has 0 aromatic carbocycles. The second kappa shape index (κ2) is 4.46. The van der Waals surface area contributed by atoms with Crippen LogP contribution in [-0.2, 0) is 4.79 Å². The van der Waals surface area contributed by atoms with Crippen LogP contribution in [0.25, 0.3) is 0 Å². The number of carbonyl (C=O) groups excluding carboxylic acids is 1. The van der Waals surface area contributed by atoms with E-state index in [4.69, 9.17) is 0 Å². The van der Waals surface area contributed by atoms with Crippen LogP contribution in [0.2, 0.25) is 0 Å². The number of hydrogen-bond donors (Lipinski definition) is 0. The topological polar surface area (TPSA) is 17.1 Å². The Kier molecular flexibility index (Phi) is 3.25. The molecule has 2 fully saturated rings. The van der Waals surface area contributed by atoms with E-state index in [9.17, 15) is 4.79 Å². The smallest absolute Gasteiger partial charge is 0.133 e. The van der Waals surface area contributed by atoms with E-state index in [0.717, 1.165) is 30.6 Å². The molecule has 2 aliphatic carbocycles. The van der Waals surface area contributed by atoms with Crippen LogP contribution in [0.15, 0.2) is 0 Å². The third kappa shape index (κ3) is 2.18. The van der Waals surface area contributed by atoms with E-state index in [-0.39, 0.29) is 0 Å². The molecule has 2 saturated carbocycles. The van der Waals surface area contributed by atoms with E-state index in [0.29, 0.717) is 5.78 Å². The quantitative estimate of drug-likeness (QED) is 0.611. The van der Waals surface area contributed by atoms with Crippen LogP contribution < -0.4 is 0 Å². The Morgan fingerprint density at radius 3 is 2.43 bits per heavy atom. The van der Waals surface area contributed by atoms with Gasteiger partial charge in [-0.25, -0.2) is 0 Å². The van der Waals surface area contributed by atoms with E-state index >= 15 is 0 Å². The first-order valence-corrected chi connectivity index (χ1v) is 6.31. The zero-order chi connectivity index (χ0) is 9.97. The zero-order valence-electron chi connectivity index (χ0n) is 9.30. The highest BCUT2D eigenvalue weighted by Gasteiger charge is 2.40. The van der Waals surface area contributed by atoms with Crippen molar-refractivity contribution in [2.24, 2.45) is 17.8 Å². The van der Waals surface area contributed by atoms with E-state index in [1.807, 2.05) is 0 Å². The van der Waals surface area contributed by atoms with Gasteiger partial charge in [0, 0.05) is 12.8 Å². The maximum Gasteiger partial charge on any atom is 0.133 e. The van der Waals surface area contributed by atoms with Crippen molar-refractivity contribution >= 4 is 5.78 Å². The van der Waals surface area contributed by atoms with Gasteiger partial charge < -0.3 is 0 Å². The molecule has 0 unspecified atom stereocenters. The van der Waals surface area contributed by atoms with Gasteiger partial charge in [0.25, 0.3) is 0 Å². The van der Waals surface area contributed by atoms with Gasteiger partial charge >= 0.3 is 0 Å². The summed E-state index contributed by atoms with van der Waals surface area (Å²) in [5.41, 5.74) is 0. The lowest BCUT2D eigenvalue weighted by molar-refractivity contribution is -0.130. The Labute approximate surface area is 87.3 Å². The summed E-state index contributed by atoms with van der Waals surface area (Å²) >= 11 is 0. The van der Waals surface area contributed by atoms with Gasteiger partial charge in [0.2, 0.25) is 0 Å². The summed E-state index contributed by atoms with van der Waals surface area (Å²) in [5, 5.41) is 0. The summed E-state index contributed by atoms with van der Waals surface area (Å²) in [5.74, 6) is 3.25. The zero-order valence-corrected chi connectivity index (χ0v) is 9.30. The van der Waals surface area contributed by atoms with Crippen LogP contribution in [0, 0.1) is 17.8 Å². The number of Topliss-reactive ketones (excluding diaryl/α,β-unsaturated/α-hetero) is 1. The lowest BCUT2D eigenvalue weighted by atomic mass is 9.61. The molecular weight excluding hydrogens is 172 g/mol. The average Bonchev–Trinajstić information content (AvgIpc) is 2.05. The van der Waals surface area contributed by atoms with E-state index in [2.05, 4.69) is 6.92 Å². The number of rotatable bonds is 5. The van der Waals surface area contributed by atoms with Gasteiger partial charge in [-0.15, -0.1) is 0 Å². The first-order chi connectivity index (χ1) is 6.79. The van der Waals surface area contributed by atoms with Gasteiger partial charge in [-0.1, -0.05) is 32.6 Å². The molecule has 0 aliphatic heterocycles. The minimum absolute atomic E-state index is 0.504. The number of carbonyl (C=O) groups is 1. The lowest BCUT2D eigenvalue weighted by Crippen LogP contribution is -2.37. The van der Waals surface area contributed by atoms with Gasteiger partial charge in [0.1, 0.15) is 5.78 Å². The number of unbranched alkanes of at least 4 members (excludes halogenated alkanes) is 2. The van der Waals surface area contributed by atoms with Crippen molar-refractivity contribution in [3.63, 3.8) is 0 Å². The van der Waals surface area contributed by atoms with Crippen LogP contribution in [0.5, 0.6) is 0 Å². The SMILES string of the molecule is CCCCCC1CC(C2CC(=O)C2)C1. The molecule has 0 N–H and O–H groups in total. The van der Waals surface area contributed by atoms with Gasteiger partial charge in [-0.05, 0) is 30.6 Å². The van der Waals surface area contributed by atoms with Crippen LogP contribution in [0.3, 0.4) is 0 Å². The van der Waals surface area contributed by atoms with Gasteiger partial charge in [-0.2, -0.15) is 0 Å². The van der Waals surface area contributed by atoms with Crippen LogP contribution in [0.4, 0.5) is 0 Å². The molecule has 2 rings (SSSR count). The number of ketones is 1. The lowest BCUT2D eigenvalue weighted by Gasteiger charge is -2.43. The fourth-order valence-electron chi connectivity index (χ4n) is 2.95. The normalized spacial score (nSPS) is 32.5. The molecule has 0 saturated heterocycles. The minimum Gasteiger partial charge on any atom is -0.300 e. The van der Waals surface area contributed by atoms with Crippen molar-refractivity contribution in [3.8, 4) is 0 Å². The van der Waals surface area contributed by atoms with Crippen LogP contribution in [0.1, 0.15) is 58.3 Å². The Bertz CT molecular complexity index is 195. The molecule has 80 valence electrons. The van der Waals surface area contributed by atoms with Crippen molar-refractivity contribution in [3.05, 3.63) is 0 Å². The van der Waals surface area contributed by atoms with E-state index < -0.39 is 0 Å². The molecule has 2 aliphatic rings. The first kappa shape index (κ1) is 10.2. The van der Waals surface area contributed by atoms with Crippen LogP contribution in [-0.4, -0.2) is 5.78 Å². The second-order valence-corrected chi connectivity index (χ2v) is 5.30. The Balaban J connectivity index is 1.54. The van der Waals surface area contributed by atoms with Crippen molar-refractivity contribution in [1.29, 1.82) is 0 Å². The standard InChI is InChI=1S/C13H22O/c1-2-3-4-5-10-6-11(7-10)12-8-13(14)9-12/h10-12H,2-9H2,1H3. The third-order valence-corrected chi connectivity index (χ3v) is 4.13. The summed E-state index contributed by atoms with van der Waals surface area (Å²) in [6.07, 6.45) is 10.3. The van der Waals surface area contributed by atoms with Gasteiger partial charge in [-0.3, -0.25) is 4.79 Å². The average molecular weight is 194 g/mol. The molecule has 0 aromatic heterocycles. The molecular formula is C13H22O. The van der Waals surface area contributed by atoms with E-state index in [1.165, 1.54) is 38.5 Å². The van der Waals surface area contributed by atoms with Gasteiger partial charge in [0.15, 0.2) is 0 Å².